The first-order chi connectivity index (χ1) is 14.0. The first kappa shape index (κ1) is 19.5. The van der Waals surface area contributed by atoms with Crippen LogP contribution >= 0.6 is 0 Å². The Hall–Kier alpha value is -2.84. The van der Waals surface area contributed by atoms with Crippen LogP contribution in [0.2, 0.25) is 0 Å². The lowest BCUT2D eigenvalue weighted by Gasteiger charge is -2.16. The SMILES string of the molecule is COC(=O)c1ccc2nc(COC3CN(Cc4ccccc4F)CC3F)[nH]c2c1. The fourth-order valence-corrected chi connectivity index (χ4v) is 3.52. The van der Waals surface area contributed by atoms with Gasteiger partial charge in [0.25, 0.3) is 0 Å². The van der Waals surface area contributed by atoms with Crippen LogP contribution < -0.4 is 0 Å². The van der Waals surface area contributed by atoms with Crippen molar-refractivity contribution in [1.82, 2.24) is 14.9 Å². The summed E-state index contributed by atoms with van der Waals surface area (Å²) in [5, 5.41) is 0. The monoisotopic (exact) mass is 401 g/mol. The van der Waals surface area contributed by atoms with Crippen molar-refractivity contribution in [3.05, 3.63) is 65.2 Å². The van der Waals surface area contributed by atoms with Gasteiger partial charge < -0.3 is 14.5 Å². The number of hydrogen-bond donors (Lipinski definition) is 1. The van der Waals surface area contributed by atoms with Gasteiger partial charge in [-0.3, -0.25) is 4.90 Å². The van der Waals surface area contributed by atoms with Gasteiger partial charge in [-0.25, -0.2) is 18.6 Å². The van der Waals surface area contributed by atoms with Crippen molar-refractivity contribution in [1.29, 1.82) is 0 Å². The summed E-state index contributed by atoms with van der Waals surface area (Å²) in [5.41, 5.74) is 2.31. The van der Waals surface area contributed by atoms with E-state index in [1.807, 2.05) is 4.90 Å². The number of esters is 1. The Bertz CT molecular complexity index is 1020. The standard InChI is InChI=1S/C21H21F2N3O3/c1-28-21(27)13-6-7-17-18(8-13)25-20(24-17)12-29-19-11-26(10-16(19)23)9-14-4-2-3-5-15(14)22/h2-8,16,19H,9-12H2,1H3,(H,24,25). The highest BCUT2D eigenvalue weighted by molar-refractivity contribution is 5.93. The third kappa shape index (κ3) is 4.28. The minimum atomic E-state index is -1.16. The second kappa shape index (κ2) is 8.26. The number of rotatable bonds is 6. The zero-order valence-electron chi connectivity index (χ0n) is 15.9. The van der Waals surface area contributed by atoms with Crippen molar-refractivity contribution in [2.75, 3.05) is 20.2 Å². The van der Waals surface area contributed by atoms with Crippen molar-refractivity contribution in [2.24, 2.45) is 0 Å². The maximum Gasteiger partial charge on any atom is 0.337 e. The lowest BCUT2D eigenvalue weighted by molar-refractivity contribution is 0.00862. The van der Waals surface area contributed by atoms with Gasteiger partial charge in [0.15, 0.2) is 0 Å². The Kier molecular flexibility index (Phi) is 5.55. The van der Waals surface area contributed by atoms with E-state index in [0.717, 1.165) is 0 Å². The quantitative estimate of drug-likeness (QED) is 0.643. The third-order valence-electron chi connectivity index (χ3n) is 5.01. The molecular weight excluding hydrogens is 380 g/mol. The number of likely N-dealkylation sites (tertiary alicyclic amines) is 1. The van der Waals surface area contributed by atoms with Crippen molar-refractivity contribution < 1.29 is 23.0 Å². The summed E-state index contributed by atoms with van der Waals surface area (Å²) in [4.78, 5) is 21.0. The highest BCUT2D eigenvalue weighted by Gasteiger charge is 2.34. The summed E-state index contributed by atoms with van der Waals surface area (Å²) >= 11 is 0. The number of fused-ring (bicyclic) bond motifs is 1. The molecule has 6 nitrogen and oxygen atoms in total. The molecule has 2 unspecified atom stereocenters. The molecule has 0 aliphatic carbocycles. The van der Waals surface area contributed by atoms with E-state index in [-0.39, 0.29) is 19.0 Å². The Morgan fingerprint density at radius 1 is 1.28 bits per heavy atom. The molecular formula is C21H21F2N3O3. The predicted octanol–water partition coefficient (Wildman–Crippen LogP) is 3.23. The van der Waals surface area contributed by atoms with Gasteiger partial charge in [-0.1, -0.05) is 18.2 Å². The van der Waals surface area contributed by atoms with Crippen molar-refractivity contribution in [3.8, 4) is 0 Å². The van der Waals surface area contributed by atoms with Crippen molar-refractivity contribution in [3.63, 3.8) is 0 Å². The zero-order chi connectivity index (χ0) is 20.4. The van der Waals surface area contributed by atoms with Crippen molar-refractivity contribution in [2.45, 2.75) is 25.4 Å². The molecule has 1 saturated heterocycles. The normalized spacial score (nSPS) is 19.7. The van der Waals surface area contributed by atoms with E-state index < -0.39 is 18.2 Å². The van der Waals surface area contributed by atoms with Crippen LogP contribution in [0.1, 0.15) is 21.7 Å². The Morgan fingerprint density at radius 2 is 2.10 bits per heavy atom. The first-order valence-corrected chi connectivity index (χ1v) is 9.32. The Balaban J connectivity index is 1.37. The van der Waals surface area contributed by atoms with E-state index >= 15 is 0 Å². The average molecular weight is 401 g/mol. The molecule has 0 spiro atoms. The van der Waals surface area contributed by atoms with E-state index in [0.29, 0.717) is 41.1 Å². The molecule has 4 rings (SSSR count). The van der Waals surface area contributed by atoms with Gasteiger partial charge in [-0.05, 0) is 24.3 Å². The maximum absolute atomic E-state index is 14.4. The van der Waals surface area contributed by atoms with E-state index in [4.69, 9.17) is 9.47 Å². The number of aromatic amines is 1. The minimum absolute atomic E-state index is 0.112. The summed E-state index contributed by atoms with van der Waals surface area (Å²) in [6.07, 6.45) is -1.77. The van der Waals surface area contributed by atoms with E-state index in [2.05, 4.69) is 9.97 Å². The maximum atomic E-state index is 14.4. The number of nitrogens with one attached hydrogen (secondary N) is 1. The smallest absolute Gasteiger partial charge is 0.337 e. The molecule has 8 heteroatoms. The van der Waals surface area contributed by atoms with Crippen LogP contribution in [0.3, 0.4) is 0 Å². The molecule has 0 amide bonds. The Morgan fingerprint density at radius 3 is 2.90 bits per heavy atom. The van der Waals surface area contributed by atoms with Gasteiger partial charge in [-0.15, -0.1) is 0 Å². The average Bonchev–Trinajstić information content (AvgIpc) is 3.29. The summed E-state index contributed by atoms with van der Waals surface area (Å²) in [7, 11) is 1.32. The van der Waals surface area contributed by atoms with Gasteiger partial charge in [0.2, 0.25) is 0 Å². The molecule has 3 aromatic rings. The van der Waals surface area contributed by atoms with E-state index in [1.165, 1.54) is 13.2 Å². The number of halogens is 2. The van der Waals surface area contributed by atoms with E-state index in [9.17, 15) is 13.6 Å². The summed E-state index contributed by atoms with van der Waals surface area (Å²) in [6, 6.07) is 11.5. The van der Waals surface area contributed by atoms with Crippen LogP contribution in [-0.2, 0) is 22.6 Å². The number of carbonyl (C=O) groups excluding carboxylic acids is 1. The molecule has 0 radical (unpaired) electrons. The van der Waals surface area contributed by atoms with Gasteiger partial charge in [0.1, 0.15) is 30.5 Å². The van der Waals surface area contributed by atoms with Gasteiger partial charge in [0.05, 0.1) is 23.7 Å². The number of alkyl halides is 1. The topological polar surface area (TPSA) is 67.5 Å². The number of carbonyl (C=O) groups is 1. The van der Waals surface area contributed by atoms with Crippen LogP contribution in [-0.4, -0.2) is 53.3 Å². The largest absolute Gasteiger partial charge is 0.465 e. The number of methoxy groups -OCH3 is 1. The van der Waals surface area contributed by atoms with Gasteiger partial charge >= 0.3 is 5.97 Å². The molecule has 1 aliphatic heterocycles. The first-order valence-electron chi connectivity index (χ1n) is 9.32. The summed E-state index contributed by atoms with van der Waals surface area (Å²) in [5.74, 6) is -0.178. The highest BCUT2D eigenvalue weighted by Crippen LogP contribution is 2.22. The molecule has 1 fully saturated rings. The molecule has 1 N–H and O–H groups in total. The molecule has 0 saturated carbocycles. The molecule has 152 valence electrons. The van der Waals surface area contributed by atoms with Crippen LogP contribution in [0.15, 0.2) is 42.5 Å². The molecule has 2 atom stereocenters. The molecule has 1 aromatic heterocycles. The molecule has 1 aliphatic rings. The fourth-order valence-electron chi connectivity index (χ4n) is 3.52. The molecule has 0 bridgehead atoms. The van der Waals surface area contributed by atoms with Crippen LogP contribution in [0, 0.1) is 5.82 Å². The molecule has 2 aromatic carbocycles. The molecule has 2 heterocycles. The lowest BCUT2D eigenvalue weighted by atomic mass is 10.2. The number of H-pyrrole nitrogens is 1. The zero-order valence-corrected chi connectivity index (χ0v) is 15.9. The van der Waals surface area contributed by atoms with Gasteiger partial charge in [0, 0.05) is 25.2 Å². The van der Waals surface area contributed by atoms with Gasteiger partial charge in [-0.2, -0.15) is 0 Å². The van der Waals surface area contributed by atoms with E-state index in [1.54, 1.807) is 36.4 Å². The fraction of sp³-hybridized carbons (Fsp3) is 0.333. The predicted molar refractivity (Wildman–Crippen MR) is 103 cm³/mol. The second-order valence-electron chi connectivity index (χ2n) is 7.06. The number of imidazole rings is 1. The van der Waals surface area contributed by atoms with Crippen molar-refractivity contribution >= 4 is 17.0 Å². The Labute approximate surface area is 166 Å². The summed E-state index contributed by atoms with van der Waals surface area (Å²) in [6.45, 7) is 1.03. The second-order valence-corrected chi connectivity index (χ2v) is 7.06. The minimum Gasteiger partial charge on any atom is -0.465 e. The number of nitrogens with zero attached hydrogens (tertiary/aromatic N) is 2. The number of ether oxygens (including phenoxy) is 2. The highest BCUT2D eigenvalue weighted by atomic mass is 19.1. The summed E-state index contributed by atoms with van der Waals surface area (Å²) < 4.78 is 38.6. The number of hydrogen-bond acceptors (Lipinski definition) is 5. The molecule has 29 heavy (non-hydrogen) atoms. The van der Waals surface area contributed by atoms with Crippen LogP contribution in [0.25, 0.3) is 11.0 Å². The van der Waals surface area contributed by atoms with Crippen LogP contribution in [0.5, 0.6) is 0 Å². The number of aromatic nitrogens is 2. The lowest BCUT2D eigenvalue weighted by Crippen LogP contribution is -2.24. The third-order valence-corrected chi connectivity index (χ3v) is 5.01. The van der Waals surface area contributed by atoms with Crippen LogP contribution in [0.4, 0.5) is 8.78 Å². The number of benzene rings is 2.